The molecule has 0 radical (unpaired) electrons. The maximum absolute atomic E-state index is 12.2. The number of Topliss-reactive ketones (excluding diaryl/α,β-unsaturated/α-hetero) is 1. The van der Waals surface area contributed by atoms with E-state index in [1.165, 1.54) is 26.0 Å². The summed E-state index contributed by atoms with van der Waals surface area (Å²) in [5.41, 5.74) is 0.767. The average molecular weight is 363 g/mol. The average Bonchev–Trinajstić information content (AvgIpc) is 2.56. The van der Waals surface area contributed by atoms with Crippen molar-refractivity contribution in [3.05, 3.63) is 63.2 Å². The van der Waals surface area contributed by atoms with Gasteiger partial charge < -0.3 is 10.1 Å². The Bertz CT molecular complexity index is 838. The summed E-state index contributed by atoms with van der Waals surface area (Å²) in [6.07, 6.45) is -0.903. The molecule has 1 N–H and O–H groups in total. The van der Waals surface area contributed by atoms with Gasteiger partial charge in [0, 0.05) is 23.4 Å². The number of rotatable bonds is 6. The molecule has 0 bridgehead atoms. The molecule has 0 saturated heterocycles. The fraction of sp³-hybridized carbons (Fsp3) is 0.176. The normalized spacial score (nSPS) is 11.5. The van der Waals surface area contributed by atoms with Crippen molar-refractivity contribution >= 4 is 34.7 Å². The first-order valence-electron chi connectivity index (χ1n) is 7.30. The second kappa shape index (κ2) is 7.76. The maximum atomic E-state index is 12.2. The second-order valence-corrected chi connectivity index (χ2v) is 5.67. The predicted octanol–water partition coefficient (Wildman–Crippen LogP) is 3.86. The standard InChI is InChI=1S/C17H15ClN2O5/c1-10(21)12-4-3-5-13(8-12)19-17(22)11(2)25-16-7-6-14(20(23)24)9-15(16)18/h3-9,11H,1-2H3,(H,19,22)/t11-/m0/s1. The van der Waals surface area contributed by atoms with Crippen molar-refractivity contribution in [1.82, 2.24) is 0 Å². The summed E-state index contributed by atoms with van der Waals surface area (Å²) in [5, 5.41) is 13.4. The molecular weight excluding hydrogens is 348 g/mol. The molecule has 0 saturated carbocycles. The van der Waals surface area contributed by atoms with E-state index < -0.39 is 16.9 Å². The molecule has 8 heteroatoms. The number of nitro groups is 1. The summed E-state index contributed by atoms with van der Waals surface area (Å²) in [6.45, 7) is 2.95. The van der Waals surface area contributed by atoms with Crippen LogP contribution in [0.4, 0.5) is 11.4 Å². The topological polar surface area (TPSA) is 98.5 Å². The minimum Gasteiger partial charge on any atom is -0.479 e. The molecule has 2 aromatic rings. The van der Waals surface area contributed by atoms with Crippen LogP contribution in [0.15, 0.2) is 42.5 Å². The van der Waals surface area contributed by atoms with Gasteiger partial charge in [-0.2, -0.15) is 0 Å². The number of nitrogens with one attached hydrogen (secondary N) is 1. The van der Waals surface area contributed by atoms with E-state index in [0.29, 0.717) is 11.3 Å². The molecule has 25 heavy (non-hydrogen) atoms. The number of non-ortho nitro benzene ring substituents is 1. The van der Waals surface area contributed by atoms with Gasteiger partial charge in [0.25, 0.3) is 11.6 Å². The first-order chi connectivity index (χ1) is 11.8. The van der Waals surface area contributed by atoms with E-state index in [4.69, 9.17) is 16.3 Å². The zero-order valence-corrected chi connectivity index (χ0v) is 14.2. The molecule has 0 spiro atoms. The van der Waals surface area contributed by atoms with Crippen LogP contribution >= 0.6 is 11.6 Å². The fourth-order valence-electron chi connectivity index (χ4n) is 2.00. The number of halogens is 1. The number of benzene rings is 2. The minimum absolute atomic E-state index is 0.0347. The molecule has 2 aromatic carbocycles. The highest BCUT2D eigenvalue weighted by Gasteiger charge is 2.18. The summed E-state index contributed by atoms with van der Waals surface area (Å²) >= 11 is 5.94. The van der Waals surface area contributed by atoms with E-state index in [1.54, 1.807) is 24.3 Å². The fourth-order valence-corrected chi connectivity index (χ4v) is 2.22. The number of nitrogens with zero attached hydrogens (tertiary/aromatic N) is 1. The largest absolute Gasteiger partial charge is 0.479 e. The lowest BCUT2D eigenvalue weighted by atomic mass is 10.1. The zero-order valence-electron chi connectivity index (χ0n) is 13.5. The number of amides is 1. The first kappa shape index (κ1) is 18.4. The Kier molecular flexibility index (Phi) is 5.71. The zero-order chi connectivity index (χ0) is 18.6. The summed E-state index contributed by atoms with van der Waals surface area (Å²) in [5.74, 6) is -0.402. The SMILES string of the molecule is CC(=O)c1cccc(NC(=O)[C@H](C)Oc2ccc([N+](=O)[O-])cc2Cl)c1. The summed E-state index contributed by atoms with van der Waals surface area (Å²) in [6, 6.07) is 10.2. The van der Waals surface area contributed by atoms with Crippen molar-refractivity contribution in [2.45, 2.75) is 20.0 Å². The Labute approximate surface area is 148 Å². The van der Waals surface area contributed by atoms with Crippen LogP contribution in [0.3, 0.4) is 0 Å². The van der Waals surface area contributed by atoms with Crippen LogP contribution in [-0.4, -0.2) is 22.7 Å². The van der Waals surface area contributed by atoms with Crippen molar-refractivity contribution in [3.8, 4) is 5.75 Å². The van der Waals surface area contributed by atoms with Crippen LogP contribution in [-0.2, 0) is 4.79 Å². The van der Waals surface area contributed by atoms with Gasteiger partial charge in [0.05, 0.1) is 9.95 Å². The number of hydrogen-bond donors (Lipinski definition) is 1. The molecule has 0 heterocycles. The number of ketones is 1. The van der Waals surface area contributed by atoms with Crippen LogP contribution in [0.1, 0.15) is 24.2 Å². The molecule has 0 unspecified atom stereocenters. The lowest BCUT2D eigenvalue weighted by Gasteiger charge is -2.15. The van der Waals surface area contributed by atoms with Gasteiger partial charge >= 0.3 is 0 Å². The molecule has 0 aliphatic rings. The Morgan fingerprint density at radius 3 is 2.56 bits per heavy atom. The summed E-state index contributed by atoms with van der Waals surface area (Å²) in [4.78, 5) is 33.7. The van der Waals surface area contributed by atoms with Crippen LogP contribution in [0.5, 0.6) is 5.75 Å². The summed E-state index contributed by atoms with van der Waals surface area (Å²) < 4.78 is 5.46. The third kappa shape index (κ3) is 4.77. The molecule has 0 fully saturated rings. The van der Waals surface area contributed by atoms with Crippen LogP contribution in [0.2, 0.25) is 5.02 Å². The number of ether oxygens (including phenoxy) is 1. The van der Waals surface area contributed by atoms with E-state index in [1.807, 2.05) is 0 Å². The van der Waals surface area contributed by atoms with Gasteiger partial charge in [0.15, 0.2) is 11.9 Å². The summed E-state index contributed by atoms with van der Waals surface area (Å²) in [7, 11) is 0. The van der Waals surface area contributed by atoms with Crippen molar-refractivity contribution in [1.29, 1.82) is 0 Å². The molecule has 2 rings (SSSR count). The third-order valence-electron chi connectivity index (χ3n) is 3.34. The van der Waals surface area contributed by atoms with Crippen LogP contribution in [0.25, 0.3) is 0 Å². The van der Waals surface area contributed by atoms with Crippen molar-refractivity contribution in [3.63, 3.8) is 0 Å². The molecule has 0 aliphatic carbocycles. The number of carbonyl (C=O) groups excluding carboxylic acids is 2. The quantitative estimate of drug-likeness (QED) is 0.478. The van der Waals surface area contributed by atoms with Crippen molar-refractivity contribution in [2.24, 2.45) is 0 Å². The van der Waals surface area contributed by atoms with Crippen LogP contribution < -0.4 is 10.1 Å². The molecule has 7 nitrogen and oxygen atoms in total. The van der Waals surface area contributed by atoms with E-state index in [-0.39, 0.29) is 22.2 Å². The van der Waals surface area contributed by atoms with Gasteiger partial charge in [0.1, 0.15) is 5.75 Å². The van der Waals surface area contributed by atoms with Gasteiger partial charge in [-0.25, -0.2) is 0 Å². The van der Waals surface area contributed by atoms with E-state index in [0.717, 1.165) is 6.07 Å². The van der Waals surface area contributed by atoms with E-state index >= 15 is 0 Å². The van der Waals surface area contributed by atoms with Gasteiger partial charge in [-0.3, -0.25) is 19.7 Å². The Morgan fingerprint density at radius 1 is 1.24 bits per heavy atom. The molecular formula is C17H15ClN2O5. The molecule has 1 atom stereocenters. The highest BCUT2D eigenvalue weighted by atomic mass is 35.5. The Hall–Kier alpha value is -2.93. The number of carbonyl (C=O) groups is 2. The molecule has 0 aromatic heterocycles. The van der Waals surface area contributed by atoms with E-state index in [2.05, 4.69) is 5.32 Å². The Morgan fingerprint density at radius 2 is 1.96 bits per heavy atom. The van der Waals surface area contributed by atoms with Gasteiger partial charge in [0.2, 0.25) is 0 Å². The monoisotopic (exact) mass is 362 g/mol. The smallest absolute Gasteiger partial charge is 0.271 e. The molecule has 0 aliphatic heterocycles. The maximum Gasteiger partial charge on any atom is 0.271 e. The lowest BCUT2D eigenvalue weighted by Crippen LogP contribution is -2.30. The van der Waals surface area contributed by atoms with Crippen LogP contribution in [0, 0.1) is 10.1 Å². The highest BCUT2D eigenvalue weighted by Crippen LogP contribution is 2.29. The van der Waals surface area contributed by atoms with Gasteiger partial charge in [-0.1, -0.05) is 23.7 Å². The van der Waals surface area contributed by atoms with Crippen molar-refractivity contribution < 1.29 is 19.2 Å². The molecule has 130 valence electrons. The highest BCUT2D eigenvalue weighted by molar-refractivity contribution is 6.32. The number of hydrogen-bond acceptors (Lipinski definition) is 5. The first-order valence-corrected chi connectivity index (χ1v) is 7.68. The lowest BCUT2D eigenvalue weighted by molar-refractivity contribution is -0.384. The predicted molar refractivity (Wildman–Crippen MR) is 93.3 cm³/mol. The number of nitro benzene ring substituents is 1. The van der Waals surface area contributed by atoms with E-state index in [9.17, 15) is 19.7 Å². The van der Waals surface area contributed by atoms with Crippen molar-refractivity contribution in [2.75, 3.05) is 5.32 Å². The molecule has 1 amide bonds. The third-order valence-corrected chi connectivity index (χ3v) is 3.63. The Balaban J connectivity index is 2.07. The van der Waals surface area contributed by atoms with Gasteiger partial charge in [-0.05, 0) is 32.0 Å². The van der Waals surface area contributed by atoms with Gasteiger partial charge in [-0.15, -0.1) is 0 Å². The minimum atomic E-state index is -0.903. The number of anilines is 1. The second-order valence-electron chi connectivity index (χ2n) is 5.26.